The molecule has 0 spiro atoms. The van der Waals surface area contributed by atoms with Crippen LogP contribution >= 0.6 is 11.6 Å². The lowest BCUT2D eigenvalue weighted by atomic mass is 9.93. The number of nitro groups is 1. The molecule has 0 heterocycles. The van der Waals surface area contributed by atoms with Crippen LogP contribution in [0.2, 0.25) is 5.02 Å². The van der Waals surface area contributed by atoms with Crippen molar-refractivity contribution in [2.45, 2.75) is 26.2 Å². The second kappa shape index (κ2) is 4.11. The molecule has 2 rings (SSSR count). The number of nitro benzene ring substituents is 1. The summed E-state index contributed by atoms with van der Waals surface area (Å²) in [6.45, 7) is 1.59. The lowest BCUT2D eigenvalue weighted by Crippen LogP contribution is -2.15. The van der Waals surface area contributed by atoms with Gasteiger partial charge in [0.05, 0.1) is 9.95 Å². The van der Waals surface area contributed by atoms with Crippen LogP contribution in [-0.4, -0.2) is 10.7 Å². The van der Waals surface area contributed by atoms with Crippen LogP contribution in [0.15, 0.2) is 18.2 Å². The fraction of sp³-hybridized carbons (Fsp3) is 0.417. The Balaban J connectivity index is 2.23. The molecule has 0 radical (unpaired) electrons. The molecule has 0 aromatic heterocycles. The first-order valence-electron chi connectivity index (χ1n) is 5.38. The summed E-state index contributed by atoms with van der Waals surface area (Å²) >= 11 is 6.00. The summed E-state index contributed by atoms with van der Waals surface area (Å²) < 4.78 is 0. The number of rotatable bonds is 4. The first-order valence-corrected chi connectivity index (χ1v) is 5.76. The highest BCUT2D eigenvalue weighted by Gasteiger charge is 2.47. The Hall–Kier alpha value is -1.42. The molecule has 0 atom stereocenters. The summed E-state index contributed by atoms with van der Waals surface area (Å²) in [7, 11) is 0. The molecule has 90 valence electrons. The first kappa shape index (κ1) is 12.0. The van der Waals surface area contributed by atoms with Crippen molar-refractivity contribution in [3.05, 3.63) is 38.9 Å². The molecule has 1 aliphatic carbocycles. The molecule has 0 N–H and O–H groups in total. The highest BCUT2D eigenvalue weighted by Crippen LogP contribution is 2.50. The molecule has 0 bridgehead atoms. The molecule has 1 aliphatic rings. The van der Waals surface area contributed by atoms with Crippen LogP contribution in [0, 0.1) is 15.5 Å². The fourth-order valence-electron chi connectivity index (χ4n) is 1.96. The van der Waals surface area contributed by atoms with Crippen LogP contribution in [0.1, 0.15) is 25.3 Å². The van der Waals surface area contributed by atoms with Crippen LogP contribution in [0.5, 0.6) is 0 Å². The van der Waals surface area contributed by atoms with Gasteiger partial charge in [-0.1, -0.05) is 17.7 Å². The summed E-state index contributed by atoms with van der Waals surface area (Å²) in [5, 5.41) is 10.9. The molecule has 1 aromatic carbocycles. The van der Waals surface area contributed by atoms with Gasteiger partial charge in [-0.3, -0.25) is 14.9 Å². The maximum absolute atomic E-state index is 11.5. The zero-order chi connectivity index (χ0) is 12.6. The lowest BCUT2D eigenvalue weighted by molar-refractivity contribution is -0.384. The van der Waals surface area contributed by atoms with Crippen molar-refractivity contribution in [2.75, 3.05) is 0 Å². The number of carbonyl (C=O) groups excluding carboxylic acids is 1. The van der Waals surface area contributed by atoms with E-state index in [1.54, 1.807) is 13.0 Å². The number of benzene rings is 1. The highest BCUT2D eigenvalue weighted by atomic mass is 35.5. The van der Waals surface area contributed by atoms with Crippen LogP contribution in [-0.2, 0) is 11.2 Å². The number of hydrogen-bond acceptors (Lipinski definition) is 3. The Labute approximate surface area is 104 Å². The van der Waals surface area contributed by atoms with Gasteiger partial charge in [0.15, 0.2) is 0 Å². The molecular weight excluding hydrogens is 242 g/mol. The van der Waals surface area contributed by atoms with Crippen molar-refractivity contribution in [2.24, 2.45) is 5.41 Å². The van der Waals surface area contributed by atoms with Crippen LogP contribution < -0.4 is 0 Å². The van der Waals surface area contributed by atoms with E-state index in [1.165, 1.54) is 12.1 Å². The van der Waals surface area contributed by atoms with E-state index in [4.69, 9.17) is 11.6 Å². The van der Waals surface area contributed by atoms with Crippen molar-refractivity contribution in [1.82, 2.24) is 0 Å². The van der Waals surface area contributed by atoms with Gasteiger partial charge in [0, 0.05) is 17.5 Å². The Bertz CT molecular complexity index is 495. The summed E-state index contributed by atoms with van der Waals surface area (Å²) in [6.07, 6.45) is 2.35. The predicted octanol–water partition coefficient (Wildman–Crippen LogP) is 3.16. The van der Waals surface area contributed by atoms with Gasteiger partial charge in [0.1, 0.15) is 5.78 Å². The molecule has 5 heteroatoms. The number of carbonyl (C=O) groups is 1. The van der Waals surface area contributed by atoms with Crippen molar-refractivity contribution in [3.8, 4) is 0 Å². The Morgan fingerprint density at radius 1 is 1.53 bits per heavy atom. The largest absolute Gasteiger partial charge is 0.299 e. The molecule has 1 saturated carbocycles. The SMILES string of the molecule is CC(=O)C1(Cc2ccc([N+](=O)[O-])cc2Cl)CC1. The van der Waals surface area contributed by atoms with Gasteiger partial charge in [-0.15, -0.1) is 0 Å². The molecule has 0 unspecified atom stereocenters. The summed E-state index contributed by atoms with van der Waals surface area (Å²) in [5.74, 6) is 0.173. The summed E-state index contributed by atoms with van der Waals surface area (Å²) in [4.78, 5) is 21.6. The van der Waals surface area contributed by atoms with Gasteiger partial charge in [-0.25, -0.2) is 0 Å². The monoisotopic (exact) mass is 253 g/mol. The van der Waals surface area contributed by atoms with Gasteiger partial charge in [0.2, 0.25) is 0 Å². The molecule has 0 aliphatic heterocycles. The van der Waals surface area contributed by atoms with Gasteiger partial charge in [-0.2, -0.15) is 0 Å². The average Bonchev–Trinajstić information content (AvgIpc) is 3.02. The maximum Gasteiger partial charge on any atom is 0.270 e. The topological polar surface area (TPSA) is 60.2 Å². The number of nitrogens with zero attached hydrogens (tertiary/aromatic N) is 1. The Morgan fingerprint density at radius 3 is 2.59 bits per heavy atom. The average molecular weight is 254 g/mol. The molecule has 4 nitrogen and oxygen atoms in total. The first-order chi connectivity index (χ1) is 7.94. The normalized spacial score (nSPS) is 16.6. The third-order valence-corrected chi connectivity index (χ3v) is 3.73. The van der Waals surface area contributed by atoms with Crippen molar-refractivity contribution < 1.29 is 9.72 Å². The van der Waals surface area contributed by atoms with E-state index in [2.05, 4.69) is 0 Å². The van der Waals surface area contributed by atoms with E-state index in [-0.39, 0.29) is 16.9 Å². The second-order valence-corrected chi connectivity index (χ2v) is 4.95. The smallest absolute Gasteiger partial charge is 0.270 e. The third kappa shape index (κ3) is 2.31. The summed E-state index contributed by atoms with van der Waals surface area (Å²) in [5.41, 5.74) is 0.524. The van der Waals surface area contributed by atoms with E-state index in [0.29, 0.717) is 11.4 Å². The molecule has 1 fully saturated rings. The predicted molar refractivity (Wildman–Crippen MR) is 64.2 cm³/mol. The molecule has 1 aromatic rings. The van der Waals surface area contributed by atoms with Gasteiger partial charge in [0.25, 0.3) is 5.69 Å². The van der Waals surface area contributed by atoms with Crippen LogP contribution in [0.25, 0.3) is 0 Å². The minimum absolute atomic E-state index is 0.0218. The number of non-ortho nitro benzene ring substituents is 1. The van der Waals surface area contributed by atoms with E-state index in [1.807, 2.05) is 0 Å². The third-order valence-electron chi connectivity index (χ3n) is 3.38. The fourth-order valence-corrected chi connectivity index (χ4v) is 2.20. The van der Waals surface area contributed by atoms with Gasteiger partial charge >= 0.3 is 0 Å². The number of halogens is 1. The van der Waals surface area contributed by atoms with E-state index in [0.717, 1.165) is 18.4 Å². The number of hydrogen-bond donors (Lipinski definition) is 0. The van der Waals surface area contributed by atoms with Crippen LogP contribution in [0.4, 0.5) is 5.69 Å². The molecule has 0 saturated heterocycles. The lowest BCUT2D eigenvalue weighted by Gasteiger charge is -2.12. The van der Waals surface area contributed by atoms with Gasteiger partial charge in [-0.05, 0) is 31.7 Å². The quantitative estimate of drug-likeness (QED) is 0.612. The second-order valence-electron chi connectivity index (χ2n) is 4.55. The number of Topliss-reactive ketones (excluding diaryl/α,β-unsaturated/α-hetero) is 1. The van der Waals surface area contributed by atoms with Crippen molar-refractivity contribution in [3.63, 3.8) is 0 Å². The maximum atomic E-state index is 11.5. The highest BCUT2D eigenvalue weighted by molar-refractivity contribution is 6.31. The zero-order valence-corrected chi connectivity index (χ0v) is 10.2. The van der Waals surface area contributed by atoms with E-state index >= 15 is 0 Å². The minimum Gasteiger partial charge on any atom is -0.299 e. The van der Waals surface area contributed by atoms with Crippen molar-refractivity contribution in [1.29, 1.82) is 0 Å². The van der Waals surface area contributed by atoms with Crippen LogP contribution in [0.3, 0.4) is 0 Å². The molecular formula is C12H12ClNO3. The van der Waals surface area contributed by atoms with Gasteiger partial charge < -0.3 is 0 Å². The number of ketones is 1. The molecule has 0 amide bonds. The molecule has 17 heavy (non-hydrogen) atoms. The Kier molecular flexibility index (Phi) is 2.91. The van der Waals surface area contributed by atoms with E-state index in [9.17, 15) is 14.9 Å². The minimum atomic E-state index is -0.479. The standard InChI is InChI=1S/C12H12ClNO3/c1-8(15)12(4-5-12)7-9-2-3-10(14(16)17)6-11(9)13/h2-3,6H,4-5,7H2,1H3. The Morgan fingerprint density at radius 2 is 2.18 bits per heavy atom. The van der Waals surface area contributed by atoms with E-state index < -0.39 is 4.92 Å². The summed E-state index contributed by atoms with van der Waals surface area (Å²) in [6, 6.07) is 4.41. The zero-order valence-electron chi connectivity index (χ0n) is 9.40. The van der Waals surface area contributed by atoms with Crippen molar-refractivity contribution >= 4 is 23.1 Å².